The van der Waals surface area contributed by atoms with Crippen molar-refractivity contribution in [2.45, 2.75) is 27.2 Å². The van der Waals surface area contributed by atoms with Crippen LogP contribution in [0.2, 0.25) is 0 Å². The van der Waals surface area contributed by atoms with Crippen molar-refractivity contribution in [3.05, 3.63) is 58.5 Å². The molecule has 0 radical (unpaired) electrons. The number of carbonyl (C=O) groups excluding carboxylic acids is 1. The molecular weight excluding hydrogens is 415 g/mol. The molecule has 2 heterocycles. The van der Waals surface area contributed by atoms with Crippen LogP contribution in [0.3, 0.4) is 0 Å². The molecule has 160 valence electrons. The second-order valence-electron chi connectivity index (χ2n) is 7.78. The number of fused-ring (bicyclic) bond motifs is 1. The van der Waals surface area contributed by atoms with Crippen molar-refractivity contribution in [3.63, 3.8) is 0 Å². The maximum absolute atomic E-state index is 13.3. The molecule has 0 aliphatic carbocycles. The lowest BCUT2D eigenvalue weighted by Gasteiger charge is -2.18. The number of nitrogens with one attached hydrogen (secondary N) is 1. The van der Waals surface area contributed by atoms with Crippen molar-refractivity contribution in [3.8, 4) is 17.0 Å². The Labute approximate surface area is 183 Å². The van der Waals surface area contributed by atoms with E-state index in [4.69, 9.17) is 9.84 Å². The summed E-state index contributed by atoms with van der Waals surface area (Å²) >= 11 is 1.45. The fourth-order valence-corrected chi connectivity index (χ4v) is 4.19. The minimum Gasteiger partial charge on any atom is -0.482 e. The van der Waals surface area contributed by atoms with E-state index in [1.807, 2.05) is 30.5 Å². The summed E-state index contributed by atoms with van der Waals surface area (Å²) in [5.74, 6) is 0.629. The van der Waals surface area contributed by atoms with E-state index in [2.05, 4.69) is 24.2 Å². The molecule has 0 bridgehead atoms. The number of ether oxygens (including phenoxy) is 1. The predicted octanol–water partition coefficient (Wildman–Crippen LogP) is 5.19. The highest BCUT2D eigenvalue weighted by Gasteiger charge is 2.18. The van der Waals surface area contributed by atoms with Gasteiger partial charge in [-0.25, -0.2) is 14.1 Å². The molecule has 0 atom stereocenters. The van der Waals surface area contributed by atoms with E-state index >= 15 is 0 Å². The third-order valence-corrected chi connectivity index (χ3v) is 5.44. The molecule has 1 aromatic heterocycles. The Bertz CT molecular complexity index is 1210. The molecule has 8 heteroatoms. The van der Waals surface area contributed by atoms with Crippen molar-refractivity contribution in [2.75, 3.05) is 11.9 Å². The summed E-state index contributed by atoms with van der Waals surface area (Å²) in [6.45, 7) is 6.31. The summed E-state index contributed by atoms with van der Waals surface area (Å²) in [5, 5.41) is 9.65. The first-order valence-electron chi connectivity index (χ1n) is 10.0. The summed E-state index contributed by atoms with van der Waals surface area (Å²) in [7, 11) is 0. The molecule has 4 rings (SSSR count). The van der Waals surface area contributed by atoms with Crippen LogP contribution in [0.4, 0.5) is 15.8 Å². The van der Waals surface area contributed by atoms with Gasteiger partial charge in [0.05, 0.1) is 17.1 Å². The third-order valence-electron chi connectivity index (χ3n) is 4.62. The zero-order chi connectivity index (χ0) is 22.0. The fourth-order valence-electron chi connectivity index (χ4n) is 3.34. The van der Waals surface area contributed by atoms with Gasteiger partial charge in [-0.2, -0.15) is 5.10 Å². The zero-order valence-corrected chi connectivity index (χ0v) is 18.4. The Morgan fingerprint density at radius 1 is 1.26 bits per heavy atom. The second kappa shape index (κ2) is 8.85. The molecule has 3 aromatic rings. The van der Waals surface area contributed by atoms with E-state index in [0.717, 1.165) is 23.4 Å². The Balaban J connectivity index is 1.83. The van der Waals surface area contributed by atoms with E-state index in [0.29, 0.717) is 27.8 Å². The number of carbonyl (C=O) groups is 1. The summed E-state index contributed by atoms with van der Waals surface area (Å²) in [6, 6.07) is 11.7. The number of benzene rings is 2. The predicted molar refractivity (Wildman–Crippen MR) is 121 cm³/mol. The first kappa shape index (κ1) is 21.0. The van der Waals surface area contributed by atoms with Gasteiger partial charge >= 0.3 is 0 Å². The van der Waals surface area contributed by atoms with Gasteiger partial charge in [0.1, 0.15) is 11.6 Å². The van der Waals surface area contributed by atoms with Crippen molar-refractivity contribution in [1.82, 2.24) is 4.68 Å². The monoisotopic (exact) mass is 438 g/mol. The molecule has 0 fully saturated rings. The lowest BCUT2D eigenvalue weighted by molar-refractivity contribution is -0.118. The Morgan fingerprint density at radius 3 is 2.77 bits per heavy atom. The number of hydrogen-bond acceptors (Lipinski definition) is 5. The van der Waals surface area contributed by atoms with Gasteiger partial charge in [-0.1, -0.05) is 13.8 Å². The van der Waals surface area contributed by atoms with Gasteiger partial charge in [0.25, 0.3) is 5.91 Å². The van der Waals surface area contributed by atoms with Crippen LogP contribution in [0.5, 0.6) is 5.75 Å². The van der Waals surface area contributed by atoms with E-state index in [9.17, 15) is 9.18 Å². The molecule has 1 aliphatic heterocycles. The number of anilines is 1. The SMILES string of the molecule is CC(CC(C)C)=Nn1c(-c2ccc3c(c2)NC(=O)CO3)csc1=Nc1ccc(F)cc1. The lowest BCUT2D eigenvalue weighted by atomic mass is 10.1. The van der Waals surface area contributed by atoms with Crippen LogP contribution in [0, 0.1) is 11.7 Å². The number of nitrogens with zero attached hydrogens (tertiary/aromatic N) is 3. The zero-order valence-electron chi connectivity index (χ0n) is 17.6. The lowest BCUT2D eigenvalue weighted by Crippen LogP contribution is -2.25. The van der Waals surface area contributed by atoms with Gasteiger partial charge in [-0.3, -0.25) is 4.79 Å². The minimum absolute atomic E-state index is 0.0180. The van der Waals surface area contributed by atoms with Gasteiger partial charge in [-0.05, 0) is 61.7 Å². The van der Waals surface area contributed by atoms with Gasteiger partial charge in [0, 0.05) is 16.7 Å². The van der Waals surface area contributed by atoms with Crippen LogP contribution in [0.1, 0.15) is 27.2 Å². The summed E-state index contributed by atoms with van der Waals surface area (Å²) in [6.07, 6.45) is 0.854. The van der Waals surface area contributed by atoms with Crippen molar-refractivity contribution in [2.24, 2.45) is 16.0 Å². The summed E-state index contributed by atoms with van der Waals surface area (Å²) in [5.41, 5.74) is 3.97. The van der Waals surface area contributed by atoms with Crippen molar-refractivity contribution < 1.29 is 13.9 Å². The molecule has 2 aromatic carbocycles. The molecule has 31 heavy (non-hydrogen) atoms. The highest BCUT2D eigenvalue weighted by Crippen LogP contribution is 2.33. The van der Waals surface area contributed by atoms with E-state index in [1.165, 1.54) is 23.5 Å². The third kappa shape index (κ3) is 4.91. The highest BCUT2D eigenvalue weighted by molar-refractivity contribution is 7.07. The number of rotatable bonds is 5. The van der Waals surface area contributed by atoms with Crippen LogP contribution >= 0.6 is 11.3 Å². The number of halogens is 1. The van der Waals surface area contributed by atoms with Crippen LogP contribution in [-0.2, 0) is 4.79 Å². The topological polar surface area (TPSA) is 68.0 Å². The van der Waals surface area contributed by atoms with E-state index < -0.39 is 0 Å². The van der Waals surface area contributed by atoms with Gasteiger partial charge in [-0.15, -0.1) is 11.3 Å². The highest BCUT2D eigenvalue weighted by atomic mass is 32.1. The van der Waals surface area contributed by atoms with Crippen molar-refractivity contribution in [1.29, 1.82) is 0 Å². The maximum atomic E-state index is 13.3. The molecule has 1 N–H and O–H groups in total. The van der Waals surface area contributed by atoms with E-state index in [1.54, 1.807) is 16.8 Å². The first-order chi connectivity index (χ1) is 14.9. The van der Waals surface area contributed by atoms with Crippen LogP contribution in [0.25, 0.3) is 11.3 Å². The molecular formula is C23H23FN4O2S. The molecule has 1 amide bonds. The quantitative estimate of drug-likeness (QED) is 0.557. The molecule has 0 spiro atoms. The van der Waals surface area contributed by atoms with Gasteiger partial charge < -0.3 is 10.1 Å². The van der Waals surface area contributed by atoms with Crippen molar-refractivity contribution >= 4 is 34.3 Å². The Kier molecular flexibility index (Phi) is 5.99. The van der Waals surface area contributed by atoms with Crippen LogP contribution in [0.15, 0.2) is 57.9 Å². The Morgan fingerprint density at radius 2 is 2.03 bits per heavy atom. The number of thiazole rings is 1. The van der Waals surface area contributed by atoms with E-state index in [-0.39, 0.29) is 18.3 Å². The molecule has 0 saturated heterocycles. The molecule has 6 nitrogen and oxygen atoms in total. The number of hydrogen-bond donors (Lipinski definition) is 1. The number of amides is 1. The number of aromatic nitrogens is 1. The Hall–Kier alpha value is -3.26. The summed E-state index contributed by atoms with van der Waals surface area (Å²) in [4.78, 5) is 17.1. The first-order valence-corrected chi connectivity index (χ1v) is 10.9. The smallest absolute Gasteiger partial charge is 0.262 e. The largest absolute Gasteiger partial charge is 0.482 e. The standard InChI is InChI=1S/C23H23FN4O2S/c1-14(2)10-15(3)27-28-20(13-31-23(28)25-18-7-5-17(24)6-8-18)16-4-9-21-19(11-16)26-22(29)12-30-21/h4-9,11,13-14H,10,12H2,1-3H3,(H,26,29). The fraction of sp³-hybridized carbons (Fsp3) is 0.261. The van der Waals surface area contributed by atoms with Gasteiger partial charge in [0.2, 0.25) is 4.80 Å². The molecule has 0 unspecified atom stereocenters. The molecule has 1 aliphatic rings. The van der Waals surface area contributed by atoms with Gasteiger partial charge in [0.15, 0.2) is 6.61 Å². The van der Waals surface area contributed by atoms with Crippen LogP contribution < -0.4 is 14.9 Å². The second-order valence-corrected chi connectivity index (χ2v) is 8.62. The molecule has 0 saturated carbocycles. The minimum atomic E-state index is -0.303. The maximum Gasteiger partial charge on any atom is 0.262 e. The average Bonchev–Trinajstić information content (AvgIpc) is 3.10. The summed E-state index contributed by atoms with van der Waals surface area (Å²) < 4.78 is 20.6. The van der Waals surface area contributed by atoms with Crippen LogP contribution in [-0.4, -0.2) is 22.9 Å². The average molecular weight is 439 g/mol. The normalized spacial score (nSPS) is 14.4.